The molecule has 0 N–H and O–H groups in total. The number of benzene rings is 8. The van der Waals surface area contributed by atoms with Gasteiger partial charge in [0.1, 0.15) is 5.58 Å². The molecule has 3 aromatic heterocycles. The van der Waals surface area contributed by atoms with E-state index in [1.807, 2.05) is 0 Å². The number of hydrogen-bond donors (Lipinski definition) is 0. The maximum atomic E-state index is 6.94. The van der Waals surface area contributed by atoms with Gasteiger partial charge in [-0.05, 0) is 53.1 Å². The monoisotopic (exact) mass is 650 g/mol. The van der Waals surface area contributed by atoms with Crippen LogP contribution < -0.4 is 0 Å². The summed E-state index contributed by atoms with van der Waals surface area (Å²) in [4.78, 5) is 0. The highest BCUT2D eigenvalue weighted by molar-refractivity contribution is 6.39. The summed E-state index contributed by atoms with van der Waals surface area (Å²) in [5.41, 5.74) is 13.4. The normalized spacial score (nSPS) is 11.9. The average Bonchev–Trinajstić information content (AvgIpc) is 3.87. The number of para-hydroxylation sites is 5. The molecule has 0 bridgehead atoms. The molecule has 3 heterocycles. The molecule has 0 saturated carbocycles. The lowest BCUT2D eigenvalue weighted by atomic mass is 9.99. The van der Waals surface area contributed by atoms with Crippen molar-refractivity contribution >= 4 is 65.6 Å². The van der Waals surface area contributed by atoms with Crippen LogP contribution in [-0.2, 0) is 0 Å². The van der Waals surface area contributed by atoms with Crippen molar-refractivity contribution in [2.75, 3.05) is 0 Å². The predicted octanol–water partition coefficient (Wildman–Crippen LogP) is 13.1. The Hall–Kier alpha value is -6.84. The van der Waals surface area contributed by atoms with Crippen molar-refractivity contribution < 1.29 is 4.42 Å². The number of nitrogens with zero attached hydrogens (tertiary/aromatic N) is 2. The summed E-state index contributed by atoms with van der Waals surface area (Å²) in [6.07, 6.45) is 0. The fourth-order valence-electron chi connectivity index (χ4n) is 8.37. The maximum Gasteiger partial charge on any atom is 0.160 e. The summed E-state index contributed by atoms with van der Waals surface area (Å²) < 4.78 is 11.8. The molecule has 0 aliphatic rings. The lowest BCUT2D eigenvalue weighted by molar-refractivity contribution is 0.671. The number of rotatable bonds is 4. The number of aromatic nitrogens is 2. The van der Waals surface area contributed by atoms with Gasteiger partial charge in [0.25, 0.3) is 0 Å². The number of furan rings is 1. The Morgan fingerprint density at radius 2 is 0.902 bits per heavy atom. The van der Waals surface area contributed by atoms with Gasteiger partial charge in [-0.15, -0.1) is 0 Å². The van der Waals surface area contributed by atoms with E-state index in [4.69, 9.17) is 4.42 Å². The smallest absolute Gasteiger partial charge is 0.160 e. The average molecular weight is 651 g/mol. The molecule has 3 heteroatoms. The quantitative estimate of drug-likeness (QED) is 0.186. The fraction of sp³-hybridized carbons (Fsp3) is 0. The van der Waals surface area contributed by atoms with E-state index in [0.717, 1.165) is 49.9 Å². The highest BCUT2D eigenvalue weighted by Crippen LogP contribution is 2.50. The van der Waals surface area contributed by atoms with Crippen molar-refractivity contribution in [3.05, 3.63) is 182 Å². The van der Waals surface area contributed by atoms with Crippen molar-refractivity contribution in [2.24, 2.45) is 0 Å². The molecular weight excluding hydrogens is 621 g/mol. The van der Waals surface area contributed by atoms with Crippen LogP contribution >= 0.6 is 0 Å². The molecular formula is C48H30N2O. The molecule has 238 valence electrons. The van der Waals surface area contributed by atoms with Gasteiger partial charge in [0.15, 0.2) is 5.58 Å². The molecule has 8 aromatic carbocycles. The molecule has 51 heavy (non-hydrogen) atoms. The molecule has 11 aromatic rings. The third-order valence-electron chi connectivity index (χ3n) is 10.5. The molecule has 0 unspecified atom stereocenters. The minimum Gasteiger partial charge on any atom is -0.454 e. The SMILES string of the molecule is c1ccc(-c2ccc(-c3ccccc3-n3c4ccccc4c4c5c6ccccc6oc5c5c(c6ccccc6n5-c5ccccc5)c43)cc2)cc1. The van der Waals surface area contributed by atoms with Gasteiger partial charge in [0.05, 0.1) is 27.8 Å². The lowest BCUT2D eigenvalue weighted by Gasteiger charge is -2.15. The topological polar surface area (TPSA) is 23.0 Å². The van der Waals surface area contributed by atoms with Gasteiger partial charge >= 0.3 is 0 Å². The molecule has 0 atom stereocenters. The zero-order valence-electron chi connectivity index (χ0n) is 27.6. The van der Waals surface area contributed by atoms with E-state index in [-0.39, 0.29) is 0 Å². The first-order valence-corrected chi connectivity index (χ1v) is 17.5. The Kier molecular flexibility index (Phi) is 5.96. The molecule has 0 aliphatic carbocycles. The standard InChI is InChI=1S/C48H30N2O/c1-3-15-31(16-4-1)32-27-29-33(30-28-32)35-19-7-11-23-39(35)50-41-25-13-8-20-36(41)43-44-38-22-10-14-26-42(38)51-48(44)47-45(46(43)50)37-21-9-12-24-40(37)49(47)34-17-5-2-6-18-34/h1-30H. The van der Waals surface area contributed by atoms with Crippen molar-refractivity contribution in [2.45, 2.75) is 0 Å². The van der Waals surface area contributed by atoms with Gasteiger partial charge in [-0.25, -0.2) is 0 Å². The maximum absolute atomic E-state index is 6.94. The van der Waals surface area contributed by atoms with E-state index in [1.165, 1.54) is 49.3 Å². The van der Waals surface area contributed by atoms with Gasteiger partial charge in [-0.3, -0.25) is 0 Å². The summed E-state index contributed by atoms with van der Waals surface area (Å²) >= 11 is 0. The third kappa shape index (κ3) is 4.00. The van der Waals surface area contributed by atoms with Gasteiger partial charge in [-0.2, -0.15) is 0 Å². The highest BCUT2D eigenvalue weighted by Gasteiger charge is 2.28. The second kappa shape index (κ2) is 10.8. The van der Waals surface area contributed by atoms with Gasteiger partial charge in [0, 0.05) is 43.6 Å². The Balaban J connectivity index is 1.34. The first kappa shape index (κ1) is 28.0. The van der Waals surface area contributed by atoms with Crippen LogP contribution in [0.25, 0.3) is 99.2 Å². The predicted molar refractivity (Wildman–Crippen MR) is 213 cm³/mol. The van der Waals surface area contributed by atoms with E-state index in [0.29, 0.717) is 0 Å². The Morgan fingerprint density at radius 1 is 0.353 bits per heavy atom. The Morgan fingerprint density at radius 3 is 1.67 bits per heavy atom. The third-order valence-corrected chi connectivity index (χ3v) is 10.5. The summed E-state index contributed by atoms with van der Waals surface area (Å²) in [5, 5.41) is 7.06. The Labute approximate surface area is 293 Å². The van der Waals surface area contributed by atoms with Crippen molar-refractivity contribution in [1.82, 2.24) is 9.13 Å². The summed E-state index contributed by atoms with van der Waals surface area (Å²) in [6.45, 7) is 0. The first-order chi connectivity index (χ1) is 25.3. The molecule has 0 amide bonds. The summed E-state index contributed by atoms with van der Waals surface area (Å²) in [6, 6.07) is 65.2. The van der Waals surface area contributed by atoms with Gasteiger partial charge < -0.3 is 13.6 Å². The molecule has 0 fully saturated rings. The minimum atomic E-state index is 0.891. The van der Waals surface area contributed by atoms with E-state index in [1.54, 1.807) is 0 Å². The molecule has 0 radical (unpaired) electrons. The van der Waals surface area contributed by atoms with Crippen molar-refractivity contribution in [3.63, 3.8) is 0 Å². The molecule has 3 nitrogen and oxygen atoms in total. The van der Waals surface area contributed by atoms with Crippen LogP contribution in [0.2, 0.25) is 0 Å². The summed E-state index contributed by atoms with van der Waals surface area (Å²) in [7, 11) is 0. The zero-order valence-corrected chi connectivity index (χ0v) is 27.6. The minimum absolute atomic E-state index is 0.891. The van der Waals surface area contributed by atoms with E-state index in [9.17, 15) is 0 Å². The number of hydrogen-bond acceptors (Lipinski definition) is 1. The van der Waals surface area contributed by atoms with Crippen LogP contribution in [0.4, 0.5) is 0 Å². The van der Waals surface area contributed by atoms with E-state index < -0.39 is 0 Å². The zero-order chi connectivity index (χ0) is 33.5. The van der Waals surface area contributed by atoms with Crippen molar-refractivity contribution in [1.29, 1.82) is 0 Å². The molecule has 11 rings (SSSR count). The van der Waals surface area contributed by atoms with Crippen LogP contribution in [0.15, 0.2) is 186 Å². The van der Waals surface area contributed by atoms with Crippen LogP contribution in [-0.4, -0.2) is 9.13 Å². The van der Waals surface area contributed by atoms with Gasteiger partial charge in [-0.1, -0.05) is 146 Å². The second-order valence-electron chi connectivity index (χ2n) is 13.3. The lowest BCUT2D eigenvalue weighted by Crippen LogP contribution is -1.98. The highest BCUT2D eigenvalue weighted by atomic mass is 16.3. The van der Waals surface area contributed by atoms with Crippen LogP contribution in [0.5, 0.6) is 0 Å². The van der Waals surface area contributed by atoms with Gasteiger partial charge in [0.2, 0.25) is 0 Å². The van der Waals surface area contributed by atoms with Crippen LogP contribution in [0, 0.1) is 0 Å². The fourth-order valence-corrected chi connectivity index (χ4v) is 8.37. The second-order valence-corrected chi connectivity index (χ2v) is 13.3. The molecule has 0 aliphatic heterocycles. The molecule has 0 saturated heterocycles. The molecule has 0 spiro atoms. The van der Waals surface area contributed by atoms with Crippen molar-refractivity contribution in [3.8, 4) is 33.6 Å². The van der Waals surface area contributed by atoms with Crippen LogP contribution in [0.1, 0.15) is 0 Å². The number of fused-ring (bicyclic) bond motifs is 12. The largest absolute Gasteiger partial charge is 0.454 e. The van der Waals surface area contributed by atoms with Crippen LogP contribution in [0.3, 0.4) is 0 Å². The van der Waals surface area contributed by atoms with E-state index >= 15 is 0 Å². The summed E-state index contributed by atoms with van der Waals surface area (Å²) in [5.74, 6) is 0. The van der Waals surface area contributed by atoms with E-state index in [2.05, 4.69) is 191 Å². The Bertz CT molecular complexity index is 3110. The first-order valence-electron chi connectivity index (χ1n) is 17.5.